The second-order valence-electron chi connectivity index (χ2n) is 4.09. The maximum atomic E-state index is 2.36. The van der Waals surface area contributed by atoms with Gasteiger partial charge in [-0.15, -0.1) is 0 Å². The Balaban J connectivity index is 0.000000461. The highest BCUT2D eigenvalue weighted by molar-refractivity contribution is 5.43. The van der Waals surface area contributed by atoms with E-state index in [4.69, 9.17) is 0 Å². The smallest absolute Gasteiger partial charge is 0.0184 e. The van der Waals surface area contributed by atoms with Gasteiger partial charge in [0.05, 0.1) is 0 Å². The third kappa shape index (κ3) is 2.00. The molecule has 0 radical (unpaired) electrons. The summed E-state index contributed by atoms with van der Waals surface area (Å²) in [4.78, 5) is 0. The van der Waals surface area contributed by atoms with Gasteiger partial charge in [-0.1, -0.05) is 38.5 Å². The first-order valence-corrected chi connectivity index (χ1v) is 5.78. The Morgan fingerprint density at radius 2 is 1.79 bits per heavy atom. The van der Waals surface area contributed by atoms with Crippen LogP contribution in [0.1, 0.15) is 55.4 Å². The van der Waals surface area contributed by atoms with Crippen molar-refractivity contribution in [2.75, 3.05) is 0 Å². The zero-order valence-electron chi connectivity index (χ0n) is 10.1. The Labute approximate surface area is 88.4 Å². The standard InChI is InChI=1S/C12H16.C2H6/c1-8-6-10(3)11-5-4-9(2)12(11)7-8;1-2/h6-7,9H,4-5H2,1-3H3;1-2H3. The van der Waals surface area contributed by atoms with E-state index < -0.39 is 0 Å². The Morgan fingerprint density at radius 1 is 1.14 bits per heavy atom. The summed E-state index contributed by atoms with van der Waals surface area (Å²) in [6.07, 6.45) is 2.64. The lowest BCUT2D eigenvalue weighted by atomic mass is 9.98. The van der Waals surface area contributed by atoms with Crippen molar-refractivity contribution < 1.29 is 0 Å². The van der Waals surface area contributed by atoms with Crippen LogP contribution in [-0.2, 0) is 6.42 Å². The van der Waals surface area contributed by atoms with Crippen molar-refractivity contribution in [3.8, 4) is 0 Å². The lowest BCUT2D eigenvalue weighted by molar-refractivity contribution is 0.747. The van der Waals surface area contributed by atoms with Gasteiger partial charge < -0.3 is 0 Å². The lowest BCUT2D eigenvalue weighted by Gasteiger charge is -2.08. The predicted octanol–water partition coefficient (Wildman–Crippen LogP) is 4.38. The van der Waals surface area contributed by atoms with E-state index in [2.05, 4.69) is 32.9 Å². The maximum absolute atomic E-state index is 2.36. The van der Waals surface area contributed by atoms with E-state index in [1.165, 1.54) is 24.0 Å². The fourth-order valence-electron chi connectivity index (χ4n) is 2.33. The zero-order chi connectivity index (χ0) is 10.7. The molecule has 1 unspecified atom stereocenters. The molecule has 78 valence electrons. The molecule has 0 saturated carbocycles. The number of hydrogen-bond acceptors (Lipinski definition) is 0. The van der Waals surface area contributed by atoms with Crippen LogP contribution in [0.4, 0.5) is 0 Å². The summed E-state index contributed by atoms with van der Waals surface area (Å²) in [5.41, 5.74) is 6.13. The SMILES string of the molecule is CC.Cc1cc(C)c2c(c1)C(C)CC2. The van der Waals surface area contributed by atoms with Gasteiger partial charge in [-0.3, -0.25) is 0 Å². The van der Waals surface area contributed by atoms with Gasteiger partial charge >= 0.3 is 0 Å². The van der Waals surface area contributed by atoms with E-state index in [1.54, 1.807) is 11.1 Å². The summed E-state index contributed by atoms with van der Waals surface area (Å²) in [7, 11) is 0. The molecule has 0 aliphatic heterocycles. The van der Waals surface area contributed by atoms with Gasteiger partial charge in [0, 0.05) is 0 Å². The minimum Gasteiger partial charge on any atom is -0.0683 e. The molecule has 0 fully saturated rings. The van der Waals surface area contributed by atoms with E-state index in [9.17, 15) is 0 Å². The molecule has 14 heavy (non-hydrogen) atoms. The molecule has 0 aromatic heterocycles. The van der Waals surface area contributed by atoms with Crippen LogP contribution >= 0.6 is 0 Å². The monoisotopic (exact) mass is 190 g/mol. The van der Waals surface area contributed by atoms with Gasteiger partial charge in [0.25, 0.3) is 0 Å². The molecule has 1 atom stereocenters. The molecule has 0 heterocycles. The van der Waals surface area contributed by atoms with Crippen LogP contribution in [0.25, 0.3) is 0 Å². The highest BCUT2D eigenvalue weighted by atomic mass is 14.2. The second kappa shape index (κ2) is 4.63. The summed E-state index contributed by atoms with van der Waals surface area (Å²) >= 11 is 0. The topological polar surface area (TPSA) is 0 Å². The highest BCUT2D eigenvalue weighted by Crippen LogP contribution is 2.35. The quantitative estimate of drug-likeness (QED) is 0.569. The molecule has 1 aromatic rings. The van der Waals surface area contributed by atoms with Crippen LogP contribution in [0.3, 0.4) is 0 Å². The van der Waals surface area contributed by atoms with Crippen molar-refractivity contribution in [1.82, 2.24) is 0 Å². The van der Waals surface area contributed by atoms with Crippen molar-refractivity contribution in [2.45, 2.75) is 53.4 Å². The number of fused-ring (bicyclic) bond motifs is 1. The van der Waals surface area contributed by atoms with Crippen molar-refractivity contribution >= 4 is 0 Å². The number of benzene rings is 1. The molecule has 0 nitrogen and oxygen atoms in total. The fraction of sp³-hybridized carbons (Fsp3) is 0.571. The molecule has 1 aliphatic rings. The Kier molecular flexibility index (Phi) is 3.74. The Hall–Kier alpha value is -0.780. The Bertz CT molecular complexity index is 310. The van der Waals surface area contributed by atoms with Gasteiger partial charge in [-0.2, -0.15) is 0 Å². The number of rotatable bonds is 0. The van der Waals surface area contributed by atoms with Crippen molar-refractivity contribution in [2.24, 2.45) is 0 Å². The van der Waals surface area contributed by atoms with Gasteiger partial charge in [-0.25, -0.2) is 0 Å². The molecule has 0 spiro atoms. The molecule has 0 heteroatoms. The Morgan fingerprint density at radius 3 is 2.43 bits per heavy atom. The number of hydrogen-bond donors (Lipinski definition) is 0. The summed E-state index contributed by atoms with van der Waals surface area (Å²) in [5.74, 6) is 0.790. The van der Waals surface area contributed by atoms with E-state index in [1.807, 2.05) is 13.8 Å². The summed E-state index contributed by atoms with van der Waals surface area (Å²) in [5, 5.41) is 0. The summed E-state index contributed by atoms with van der Waals surface area (Å²) in [6, 6.07) is 4.66. The largest absolute Gasteiger partial charge is 0.0683 e. The molecule has 1 aromatic carbocycles. The normalized spacial score (nSPS) is 18.5. The first kappa shape index (κ1) is 11.3. The van der Waals surface area contributed by atoms with Crippen LogP contribution in [0, 0.1) is 13.8 Å². The molecule has 0 N–H and O–H groups in total. The van der Waals surface area contributed by atoms with Crippen molar-refractivity contribution in [3.63, 3.8) is 0 Å². The maximum Gasteiger partial charge on any atom is -0.0184 e. The van der Waals surface area contributed by atoms with Crippen LogP contribution in [-0.4, -0.2) is 0 Å². The highest BCUT2D eigenvalue weighted by Gasteiger charge is 2.19. The zero-order valence-corrected chi connectivity index (χ0v) is 10.1. The van der Waals surface area contributed by atoms with Crippen molar-refractivity contribution in [3.05, 3.63) is 34.4 Å². The third-order valence-corrected chi connectivity index (χ3v) is 3.01. The average molecular weight is 190 g/mol. The van der Waals surface area contributed by atoms with Crippen LogP contribution in [0.5, 0.6) is 0 Å². The lowest BCUT2D eigenvalue weighted by Crippen LogP contribution is -1.90. The minimum absolute atomic E-state index is 0.790. The van der Waals surface area contributed by atoms with Crippen LogP contribution < -0.4 is 0 Å². The molecule has 1 aliphatic carbocycles. The van der Waals surface area contributed by atoms with E-state index in [0.717, 1.165) is 5.92 Å². The van der Waals surface area contributed by atoms with Crippen LogP contribution in [0.15, 0.2) is 12.1 Å². The van der Waals surface area contributed by atoms with Gasteiger partial charge in [0.2, 0.25) is 0 Å². The molecule has 0 saturated heterocycles. The number of aryl methyl sites for hydroxylation is 2. The first-order chi connectivity index (χ1) is 6.68. The second-order valence-corrected chi connectivity index (χ2v) is 4.09. The summed E-state index contributed by atoms with van der Waals surface area (Å²) < 4.78 is 0. The van der Waals surface area contributed by atoms with Crippen molar-refractivity contribution in [1.29, 1.82) is 0 Å². The third-order valence-electron chi connectivity index (χ3n) is 3.01. The molecule has 0 bridgehead atoms. The predicted molar refractivity (Wildman–Crippen MR) is 64.0 cm³/mol. The average Bonchev–Trinajstić information content (AvgIpc) is 2.52. The van der Waals surface area contributed by atoms with Gasteiger partial charge in [0.15, 0.2) is 0 Å². The van der Waals surface area contributed by atoms with Gasteiger partial charge in [-0.05, 0) is 49.3 Å². The molecule has 2 rings (SSSR count). The van der Waals surface area contributed by atoms with E-state index in [-0.39, 0.29) is 0 Å². The molecular weight excluding hydrogens is 168 g/mol. The molecule has 0 amide bonds. The van der Waals surface area contributed by atoms with Crippen LogP contribution in [0.2, 0.25) is 0 Å². The van der Waals surface area contributed by atoms with E-state index >= 15 is 0 Å². The van der Waals surface area contributed by atoms with Gasteiger partial charge in [0.1, 0.15) is 0 Å². The first-order valence-electron chi connectivity index (χ1n) is 5.78. The fourth-order valence-corrected chi connectivity index (χ4v) is 2.33. The molecular formula is C14H22. The minimum atomic E-state index is 0.790. The van der Waals surface area contributed by atoms with E-state index in [0.29, 0.717) is 0 Å². The summed E-state index contributed by atoms with van der Waals surface area (Å²) in [6.45, 7) is 10.8.